The summed E-state index contributed by atoms with van der Waals surface area (Å²) in [5, 5.41) is 0. The zero-order chi connectivity index (χ0) is 25.8. The Labute approximate surface area is 216 Å². The molecule has 0 bridgehead atoms. The summed E-state index contributed by atoms with van der Waals surface area (Å²) < 4.78 is 53.2. The third kappa shape index (κ3) is 5.72. The Hall–Kier alpha value is -3.59. The quantitative estimate of drug-likeness (QED) is 0.461. The van der Waals surface area contributed by atoms with E-state index in [0.717, 1.165) is 23.6 Å². The van der Waals surface area contributed by atoms with Crippen LogP contribution in [0.5, 0.6) is 11.5 Å². The van der Waals surface area contributed by atoms with E-state index in [1.807, 2.05) is 18.2 Å². The van der Waals surface area contributed by atoms with E-state index in [-0.39, 0.29) is 23.0 Å². The highest BCUT2D eigenvalue weighted by Gasteiger charge is 2.31. The van der Waals surface area contributed by atoms with E-state index in [1.54, 1.807) is 11.0 Å². The molecular formula is C28H29FN2O5S. The topological polar surface area (TPSA) is 76.2 Å². The molecule has 0 saturated carbocycles. The summed E-state index contributed by atoms with van der Waals surface area (Å²) in [6.45, 7) is 1.45. The number of hydrogen-bond acceptors (Lipinski definition) is 5. The number of rotatable bonds is 7. The van der Waals surface area contributed by atoms with Gasteiger partial charge in [-0.3, -0.25) is 9.10 Å². The Morgan fingerprint density at radius 2 is 1.59 bits per heavy atom. The van der Waals surface area contributed by atoms with Crippen molar-refractivity contribution >= 4 is 21.6 Å². The predicted molar refractivity (Wildman–Crippen MR) is 138 cm³/mol. The molecule has 0 N–H and O–H groups in total. The number of piperidine rings is 1. The maximum absolute atomic E-state index is 13.7. The van der Waals surface area contributed by atoms with Gasteiger partial charge in [0.2, 0.25) is 5.91 Å². The summed E-state index contributed by atoms with van der Waals surface area (Å²) in [5.41, 5.74) is 1.49. The number of amides is 1. The highest BCUT2D eigenvalue weighted by Crippen LogP contribution is 2.34. The van der Waals surface area contributed by atoms with E-state index in [1.165, 1.54) is 42.0 Å². The average Bonchev–Trinajstić information content (AvgIpc) is 2.93. The maximum Gasteiger partial charge on any atom is 0.264 e. The Kier molecular flexibility index (Phi) is 7.32. The average molecular weight is 525 g/mol. The zero-order valence-electron chi connectivity index (χ0n) is 20.4. The molecular weight excluding hydrogens is 495 g/mol. The van der Waals surface area contributed by atoms with Gasteiger partial charge in [0, 0.05) is 19.2 Å². The Morgan fingerprint density at radius 3 is 2.30 bits per heavy atom. The van der Waals surface area contributed by atoms with E-state index in [2.05, 4.69) is 12.1 Å². The fourth-order valence-electron chi connectivity index (χ4n) is 4.79. The monoisotopic (exact) mass is 524 g/mol. The first kappa shape index (κ1) is 25.1. The number of sulfonamides is 1. The van der Waals surface area contributed by atoms with Crippen LogP contribution in [-0.4, -0.2) is 52.1 Å². The summed E-state index contributed by atoms with van der Waals surface area (Å²) in [7, 11) is -4.16. The molecule has 0 radical (unpaired) electrons. The van der Waals surface area contributed by atoms with Crippen LogP contribution >= 0.6 is 0 Å². The predicted octanol–water partition coefficient (Wildman–Crippen LogP) is 4.27. The molecule has 0 unspecified atom stereocenters. The minimum Gasteiger partial charge on any atom is -0.486 e. The molecule has 2 aliphatic heterocycles. The largest absolute Gasteiger partial charge is 0.486 e. The first-order chi connectivity index (χ1) is 17.9. The van der Waals surface area contributed by atoms with Crippen LogP contribution in [0, 0.1) is 11.7 Å². The van der Waals surface area contributed by atoms with Crippen LogP contribution in [0.1, 0.15) is 18.4 Å². The van der Waals surface area contributed by atoms with Gasteiger partial charge in [-0.05, 0) is 67.1 Å². The second-order valence-electron chi connectivity index (χ2n) is 9.31. The van der Waals surface area contributed by atoms with Crippen molar-refractivity contribution in [2.75, 3.05) is 37.2 Å². The van der Waals surface area contributed by atoms with Gasteiger partial charge in [-0.1, -0.05) is 30.3 Å². The lowest BCUT2D eigenvalue weighted by Crippen LogP contribution is -2.46. The smallest absolute Gasteiger partial charge is 0.264 e. The molecule has 1 fully saturated rings. The molecule has 2 aliphatic rings. The van der Waals surface area contributed by atoms with E-state index in [0.29, 0.717) is 43.7 Å². The van der Waals surface area contributed by atoms with E-state index < -0.39 is 15.8 Å². The third-order valence-electron chi connectivity index (χ3n) is 6.83. The maximum atomic E-state index is 13.7. The second-order valence-corrected chi connectivity index (χ2v) is 11.2. The van der Waals surface area contributed by atoms with Crippen molar-refractivity contribution < 1.29 is 27.1 Å². The molecule has 3 aromatic carbocycles. The van der Waals surface area contributed by atoms with Crippen molar-refractivity contribution in [2.24, 2.45) is 5.92 Å². The van der Waals surface area contributed by atoms with Crippen molar-refractivity contribution in [2.45, 2.75) is 24.2 Å². The summed E-state index contributed by atoms with van der Waals surface area (Å²) in [4.78, 5) is 15.0. The number of carbonyl (C=O) groups is 1. The van der Waals surface area contributed by atoms with Crippen molar-refractivity contribution in [3.63, 3.8) is 0 Å². The fraction of sp³-hybridized carbons (Fsp3) is 0.321. The van der Waals surface area contributed by atoms with E-state index in [9.17, 15) is 17.6 Å². The van der Waals surface area contributed by atoms with Crippen LogP contribution < -0.4 is 13.8 Å². The van der Waals surface area contributed by atoms with Crippen molar-refractivity contribution in [3.05, 3.63) is 84.2 Å². The van der Waals surface area contributed by atoms with Gasteiger partial charge in [0.15, 0.2) is 11.5 Å². The highest BCUT2D eigenvalue weighted by atomic mass is 32.2. The van der Waals surface area contributed by atoms with Gasteiger partial charge in [-0.2, -0.15) is 0 Å². The number of benzene rings is 3. The van der Waals surface area contributed by atoms with E-state index in [4.69, 9.17) is 9.47 Å². The van der Waals surface area contributed by atoms with Crippen molar-refractivity contribution in [1.29, 1.82) is 0 Å². The van der Waals surface area contributed by atoms with Gasteiger partial charge in [0.05, 0.1) is 10.6 Å². The summed E-state index contributed by atoms with van der Waals surface area (Å²) in [6.07, 6.45) is 2.67. The molecule has 2 heterocycles. The number of anilines is 1. The number of likely N-dealkylation sites (tertiary alicyclic amines) is 1. The minimum atomic E-state index is -4.16. The highest BCUT2D eigenvalue weighted by molar-refractivity contribution is 7.92. The van der Waals surface area contributed by atoms with Crippen LogP contribution in [0.25, 0.3) is 0 Å². The molecule has 194 valence electrons. The van der Waals surface area contributed by atoms with Crippen LogP contribution in [0.15, 0.2) is 77.7 Å². The summed E-state index contributed by atoms with van der Waals surface area (Å²) in [5.74, 6) is 0.489. The molecule has 1 saturated heterocycles. The second kappa shape index (κ2) is 10.8. The van der Waals surface area contributed by atoms with Gasteiger partial charge in [0.1, 0.15) is 25.6 Å². The summed E-state index contributed by atoms with van der Waals surface area (Å²) in [6, 6.07) is 19.7. The molecule has 1 amide bonds. The standard InChI is InChI=1S/C28H29FN2O5S/c29-23-6-8-24(9-7-23)31(37(33,34)25-10-11-26-27(19-25)36-17-16-35-26)20-28(32)30-14-12-22(13-15-30)18-21-4-2-1-3-5-21/h1-11,19,22H,12-18,20H2. The number of ether oxygens (including phenoxy) is 2. The Bertz CT molecular complexity index is 1340. The van der Waals surface area contributed by atoms with Crippen LogP contribution in [-0.2, 0) is 21.2 Å². The molecule has 3 aromatic rings. The minimum absolute atomic E-state index is 0.0320. The van der Waals surface area contributed by atoms with Gasteiger partial charge in [0.25, 0.3) is 10.0 Å². The molecule has 0 aliphatic carbocycles. The van der Waals surface area contributed by atoms with Crippen LogP contribution in [0.3, 0.4) is 0 Å². The molecule has 7 nitrogen and oxygen atoms in total. The van der Waals surface area contributed by atoms with Gasteiger partial charge >= 0.3 is 0 Å². The number of halogens is 1. The molecule has 0 spiro atoms. The lowest BCUT2D eigenvalue weighted by Gasteiger charge is -2.34. The Balaban J connectivity index is 1.33. The van der Waals surface area contributed by atoms with E-state index >= 15 is 0 Å². The Morgan fingerprint density at radius 1 is 0.919 bits per heavy atom. The van der Waals surface area contributed by atoms with Crippen molar-refractivity contribution in [3.8, 4) is 11.5 Å². The summed E-state index contributed by atoms with van der Waals surface area (Å²) >= 11 is 0. The third-order valence-corrected chi connectivity index (χ3v) is 8.60. The SMILES string of the molecule is O=C(CN(c1ccc(F)cc1)S(=O)(=O)c1ccc2c(c1)OCCO2)N1CCC(Cc2ccccc2)CC1. The van der Waals surface area contributed by atoms with Crippen molar-refractivity contribution in [1.82, 2.24) is 4.90 Å². The first-order valence-electron chi connectivity index (χ1n) is 12.4. The number of hydrogen-bond donors (Lipinski definition) is 0. The number of carbonyl (C=O) groups excluding carboxylic acids is 1. The van der Waals surface area contributed by atoms with Crippen LogP contribution in [0.4, 0.5) is 10.1 Å². The number of fused-ring (bicyclic) bond motifs is 1. The van der Waals surface area contributed by atoms with Gasteiger partial charge in [-0.15, -0.1) is 0 Å². The fourth-order valence-corrected chi connectivity index (χ4v) is 6.22. The lowest BCUT2D eigenvalue weighted by molar-refractivity contribution is -0.130. The molecule has 9 heteroatoms. The van der Waals surface area contributed by atoms with Crippen LogP contribution in [0.2, 0.25) is 0 Å². The number of nitrogens with zero attached hydrogens (tertiary/aromatic N) is 2. The van der Waals surface area contributed by atoms with Gasteiger partial charge < -0.3 is 14.4 Å². The lowest BCUT2D eigenvalue weighted by atomic mass is 9.90. The molecule has 37 heavy (non-hydrogen) atoms. The zero-order valence-corrected chi connectivity index (χ0v) is 21.2. The molecule has 5 rings (SSSR count). The molecule has 0 atom stereocenters. The normalized spacial score (nSPS) is 15.9. The molecule has 0 aromatic heterocycles. The first-order valence-corrected chi connectivity index (χ1v) is 13.8. The van der Waals surface area contributed by atoms with Gasteiger partial charge in [-0.25, -0.2) is 12.8 Å².